The summed E-state index contributed by atoms with van der Waals surface area (Å²) in [5.41, 5.74) is 0. The van der Waals surface area contributed by atoms with Crippen molar-refractivity contribution < 1.29 is 19.1 Å². The fourth-order valence-electron chi connectivity index (χ4n) is 4.79. The Balaban J connectivity index is 1.32. The van der Waals surface area contributed by atoms with Crippen molar-refractivity contribution >= 4 is 11.9 Å². The molecule has 4 aliphatic rings. The van der Waals surface area contributed by atoms with Gasteiger partial charge in [0.1, 0.15) is 0 Å². The molecule has 3 aliphatic heterocycles. The van der Waals surface area contributed by atoms with Gasteiger partial charge in [0.2, 0.25) is 5.91 Å². The number of nitrogens with one attached hydrogen (secondary N) is 1. The number of ether oxygens (including phenoxy) is 2. The van der Waals surface area contributed by atoms with E-state index in [4.69, 9.17) is 9.47 Å². The first-order valence-electron chi connectivity index (χ1n) is 10.3. The summed E-state index contributed by atoms with van der Waals surface area (Å²) in [6.45, 7) is 3.68. The van der Waals surface area contributed by atoms with Crippen molar-refractivity contribution in [2.45, 2.75) is 63.2 Å². The molecule has 3 atom stereocenters. The van der Waals surface area contributed by atoms with Crippen molar-refractivity contribution in [2.75, 3.05) is 39.4 Å². The Hall–Kier alpha value is -1.34. The molecule has 1 saturated carbocycles. The minimum Gasteiger partial charge on any atom is -0.378 e. The first kappa shape index (κ1) is 18.0. The lowest BCUT2D eigenvalue weighted by Crippen LogP contribution is -2.53. The molecule has 7 heteroatoms. The predicted molar refractivity (Wildman–Crippen MR) is 95.8 cm³/mol. The van der Waals surface area contributed by atoms with Gasteiger partial charge in [0.05, 0.1) is 31.3 Å². The molecule has 146 valence electrons. The fraction of sp³-hybridized carbons (Fsp3) is 0.895. The summed E-state index contributed by atoms with van der Waals surface area (Å²) in [5.74, 6) is 0.0561. The summed E-state index contributed by atoms with van der Waals surface area (Å²) in [5, 5.41) is 3.22. The lowest BCUT2D eigenvalue weighted by Gasteiger charge is -2.35. The van der Waals surface area contributed by atoms with Gasteiger partial charge in [0, 0.05) is 32.2 Å². The van der Waals surface area contributed by atoms with E-state index in [0.29, 0.717) is 45.4 Å². The first-order valence-corrected chi connectivity index (χ1v) is 10.3. The van der Waals surface area contributed by atoms with Crippen molar-refractivity contribution in [2.24, 2.45) is 5.92 Å². The lowest BCUT2D eigenvalue weighted by molar-refractivity contribution is -0.142. The Morgan fingerprint density at radius 2 is 1.65 bits per heavy atom. The number of morpholine rings is 2. The third-order valence-corrected chi connectivity index (χ3v) is 6.27. The van der Waals surface area contributed by atoms with Gasteiger partial charge in [-0.1, -0.05) is 25.7 Å². The fourth-order valence-corrected chi connectivity index (χ4v) is 4.79. The average molecular weight is 365 g/mol. The molecule has 1 N–H and O–H groups in total. The van der Waals surface area contributed by atoms with Crippen LogP contribution in [0.4, 0.5) is 4.79 Å². The van der Waals surface area contributed by atoms with E-state index < -0.39 is 0 Å². The molecule has 3 amide bonds. The molecular weight excluding hydrogens is 334 g/mol. The summed E-state index contributed by atoms with van der Waals surface area (Å²) in [6.07, 6.45) is 7.69. The maximum atomic E-state index is 12.8. The highest BCUT2D eigenvalue weighted by molar-refractivity contribution is 5.80. The second-order valence-electron chi connectivity index (χ2n) is 8.12. The van der Waals surface area contributed by atoms with Crippen LogP contribution < -0.4 is 5.32 Å². The number of carbonyl (C=O) groups is 2. The second-order valence-corrected chi connectivity index (χ2v) is 8.12. The topological polar surface area (TPSA) is 71.1 Å². The van der Waals surface area contributed by atoms with E-state index in [1.165, 1.54) is 25.7 Å². The van der Waals surface area contributed by atoms with Crippen molar-refractivity contribution in [3.63, 3.8) is 0 Å². The Bertz CT molecular complexity index is 515. The predicted octanol–water partition coefficient (Wildman–Crippen LogP) is 1.37. The Kier molecular flexibility index (Phi) is 5.64. The lowest BCUT2D eigenvalue weighted by atomic mass is 9.98. The first-order chi connectivity index (χ1) is 12.7. The van der Waals surface area contributed by atoms with E-state index in [2.05, 4.69) is 5.32 Å². The van der Waals surface area contributed by atoms with Crippen LogP contribution in [0.5, 0.6) is 0 Å². The van der Waals surface area contributed by atoms with Gasteiger partial charge in [0.15, 0.2) is 0 Å². The van der Waals surface area contributed by atoms with E-state index >= 15 is 0 Å². The molecule has 0 aromatic rings. The molecule has 4 rings (SSSR count). The van der Waals surface area contributed by atoms with E-state index in [9.17, 15) is 9.59 Å². The van der Waals surface area contributed by atoms with Gasteiger partial charge >= 0.3 is 6.03 Å². The minimum absolute atomic E-state index is 0.0105. The zero-order valence-electron chi connectivity index (χ0n) is 15.5. The van der Waals surface area contributed by atoms with Crippen molar-refractivity contribution in [1.29, 1.82) is 0 Å². The Morgan fingerprint density at radius 1 is 0.923 bits per heavy atom. The van der Waals surface area contributed by atoms with Gasteiger partial charge in [-0.15, -0.1) is 0 Å². The van der Waals surface area contributed by atoms with Crippen molar-refractivity contribution in [1.82, 2.24) is 15.1 Å². The summed E-state index contributed by atoms with van der Waals surface area (Å²) >= 11 is 0. The van der Waals surface area contributed by atoms with E-state index in [0.717, 1.165) is 19.3 Å². The number of carbonyl (C=O) groups excluding carboxylic acids is 2. The standard InChI is InChI=1S/C19H31N3O4/c23-18(21-7-9-25-10-8-21)16-11-15-12-22(13-17(16)26-15)19(24)20-14-5-3-1-2-4-6-14/h14-17H,1-13H2,(H,20,24)/t15-,16+,17-/m0/s1. The molecule has 0 unspecified atom stereocenters. The number of nitrogens with zero attached hydrogens (tertiary/aromatic N) is 2. The zero-order chi connectivity index (χ0) is 17.9. The normalized spacial score (nSPS) is 33.0. The van der Waals surface area contributed by atoms with E-state index in [-0.39, 0.29) is 30.1 Å². The highest BCUT2D eigenvalue weighted by Gasteiger charge is 2.47. The van der Waals surface area contributed by atoms with Crippen LogP contribution in [-0.4, -0.2) is 79.4 Å². The smallest absolute Gasteiger partial charge is 0.317 e. The Labute approximate surface area is 155 Å². The quantitative estimate of drug-likeness (QED) is 0.750. The molecule has 0 aromatic heterocycles. The van der Waals surface area contributed by atoms with E-state index in [1.54, 1.807) is 0 Å². The molecular formula is C19H31N3O4. The van der Waals surface area contributed by atoms with Crippen LogP contribution in [0.25, 0.3) is 0 Å². The minimum atomic E-state index is -0.163. The van der Waals surface area contributed by atoms with Crippen LogP contribution in [0.1, 0.15) is 44.9 Å². The molecule has 3 saturated heterocycles. The molecule has 0 radical (unpaired) electrons. The van der Waals surface area contributed by atoms with Gasteiger partial charge in [-0.2, -0.15) is 0 Å². The number of hydrogen-bond donors (Lipinski definition) is 1. The number of rotatable bonds is 2. The van der Waals surface area contributed by atoms with Gasteiger partial charge < -0.3 is 24.6 Å². The number of urea groups is 1. The van der Waals surface area contributed by atoms with Crippen LogP contribution in [0.3, 0.4) is 0 Å². The number of amides is 3. The van der Waals surface area contributed by atoms with Gasteiger partial charge in [-0.3, -0.25) is 4.79 Å². The van der Waals surface area contributed by atoms with Crippen molar-refractivity contribution in [3.8, 4) is 0 Å². The molecule has 26 heavy (non-hydrogen) atoms. The molecule has 0 spiro atoms. The van der Waals surface area contributed by atoms with Gasteiger partial charge in [-0.25, -0.2) is 4.79 Å². The molecule has 3 heterocycles. The summed E-state index contributed by atoms with van der Waals surface area (Å²) in [6, 6.07) is 0.325. The highest BCUT2D eigenvalue weighted by atomic mass is 16.5. The maximum absolute atomic E-state index is 12.8. The van der Waals surface area contributed by atoms with Crippen LogP contribution in [0.15, 0.2) is 0 Å². The number of likely N-dealkylation sites (tertiary alicyclic amines) is 1. The maximum Gasteiger partial charge on any atom is 0.317 e. The van der Waals surface area contributed by atoms with Gasteiger partial charge in [-0.05, 0) is 19.3 Å². The largest absolute Gasteiger partial charge is 0.378 e. The molecule has 1 aliphatic carbocycles. The molecule has 2 bridgehead atoms. The SMILES string of the molecule is O=C(NC1CCCCCC1)N1C[C@@H]2C[C@@H](C(=O)N3CCOCC3)[C@H](C1)O2. The molecule has 4 fully saturated rings. The molecule has 0 aromatic carbocycles. The monoisotopic (exact) mass is 365 g/mol. The molecule has 7 nitrogen and oxygen atoms in total. The average Bonchev–Trinajstić information content (AvgIpc) is 2.83. The van der Waals surface area contributed by atoms with Crippen LogP contribution in [0, 0.1) is 5.92 Å². The Morgan fingerprint density at radius 3 is 2.38 bits per heavy atom. The summed E-state index contributed by atoms with van der Waals surface area (Å²) < 4.78 is 11.4. The zero-order valence-corrected chi connectivity index (χ0v) is 15.5. The van der Waals surface area contributed by atoms with Crippen LogP contribution in [-0.2, 0) is 14.3 Å². The van der Waals surface area contributed by atoms with Gasteiger partial charge in [0.25, 0.3) is 0 Å². The summed E-state index contributed by atoms with van der Waals surface area (Å²) in [4.78, 5) is 29.3. The third-order valence-electron chi connectivity index (χ3n) is 6.27. The number of hydrogen-bond acceptors (Lipinski definition) is 4. The second kappa shape index (κ2) is 8.13. The number of fused-ring (bicyclic) bond motifs is 2. The third kappa shape index (κ3) is 3.98. The highest BCUT2D eigenvalue weighted by Crippen LogP contribution is 2.33. The summed E-state index contributed by atoms with van der Waals surface area (Å²) in [7, 11) is 0. The van der Waals surface area contributed by atoms with E-state index in [1.807, 2.05) is 9.80 Å². The van der Waals surface area contributed by atoms with Crippen LogP contribution >= 0.6 is 0 Å². The van der Waals surface area contributed by atoms with Crippen LogP contribution in [0.2, 0.25) is 0 Å². The van der Waals surface area contributed by atoms with Crippen molar-refractivity contribution in [3.05, 3.63) is 0 Å².